The first-order valence-electron chi connectivity index (χ1n) is 9.09. The van der Waals surface area contributed by atoms with Crippen LogP contribution in [0.25, 0.3) is 0 Å². The zero-order chi connectivity index (χ0) is 22.7. The maximum Gasteiger partial charge on any atom is 0.350 e. The molecule has 162 valence electrons. The van der Waals surface area contributed by atoms with Gasteiger partial charge in [-0.15, -0.1) is 0 Å². The van der Waals surface area contributed by atoms with Crippen LogP contribution in [-0.2, 0) is 13.7 Å². The average Bonchev–Trinajstić information content (AvgIpc) is 2.74. The maximum absolute atomic E-state index is 11.7. The van der Waals surface area contributed by atoms with Crippen molar-refractivity contribution in [3.8, 4) is 29.2 Å². The quantitative estimate of drug-likeness (QED) is 0.410. The van der Waals surface area contributed by atoms with Gasteiger partial charge in [0.25, 0.3) is 5.69 Å². The van der Waals surface area contributed by atoms with Gasteiger partial charge < -0.3 is 23.9 Å². The van der Waals surface area contributed by atoms with E-state index in [1.807, 2.05) is 13.8 Å². The Kier molecular flexibility index (Phi) is 9.85. The maximum atomic E-state index is 11.7. The molecule has 30 heavy (non-hydrogen) atoms. The molecule has 0 fully saturated rings. The van der Waals surface area contributed by atoms with E-state index in [9.17, 15) is 14.9 Å². The second kappa shape index (κ2) is 12.1. The number of nitro groups is 1. The fourth-order valence-corrected chi connectivity index (χ4v) is 2.32. The first-order valence-corrected chi connectivity index (χ1v) is 9.09. The van der Waals surface area contributed by atoms with Gasteiger partial charge in [-0.3, -0.25) is 10.1 Å². The fourth-order valence-electron chi connectivity index (χ4n) is 2.32. The van der Waals surface area contributed by atoms with Crippen LogP contribution in [0.5, 0.6) is 17.4 Å². The molecule has 0 aliphatic rings. The van der Waals surface area contributed by atoms with E-state index < -0.39 is 10.6 Å². The Hall–Kier alpha value is -3.58. The predicted molar refractivity (Wildman–Crippen MR) is 110 cm³/mol. The van der Waals surface area contributed by atoms with Crippen LogP contribution in [-0.4, -0.2) is 39.9 Å². The molecule has 10 nitrogen and oxygen atoms in total. The van der Waals surface area contributed by atoms with Crippen molar-refractivity contribution in [1.82, 2.24) is 9.55 Å². The summed E-state index contributed by atoms with van der Waals surface area (Å²) in [6.45, 7) is 5.13. The van der Waals surface area contributed by atoms with Crippen LogP contribution >= 0.6 is 0 Å². The van der Waals surface area contributed by atoms with Crippen LogP contribution in [0.2, 0.25) is 0 Å². The molecule has 0 atom stereocenters. The molecule has 0 spiro atoms. The lowest BCUT2D eigenvalue weighted by Crippen LogP contribution is -2.21. The topological polar surface area (TPSA) is 126 Å². The first-order chi connectivity index (χ1) is 14.4. The van der Waals surface area contributed by atoms with E-state index in [0.29, 0.717) is 5.56 Å². The zero-order valence-electron chi connectivity index (χ0n) is 17.6. The standard InChI is InChI=1S/C18H19N3O7.C2H6/c1-12-10-20(2)18(23)19-17(12)28-11-13-8-15(26-3)16(9-14(13)21(24)25)27-7-5-4-6-22;1-2/h8-10,22H,6-7,11H2,1-3H3;1-2H3. The van der Waals surface area contributed by atoms with Crippen molar-refractivity contribution in [2.45, 2.75) is 27.4 Å². The summed E-state index contributed by atoms with van der Waals surface area (Å²) in [6.07, 6.45) is 1.56. The molecular formula is C20H25N3O7. The minimum absolute atomic E-state index is 0.0691. The molecule has 1 aromatic heterocycles. The third-order valence-corrected chi connectivity index (χ3v) is 3.65. The van der Waals surface area contributed by atoms with Crippen molar-refractivity contribution in [2.24, 2.45) is 7.05 Å². The molecule has 0 unspecified atom stereocenters. The molecule has 0 radical (unpaired) electrons. The van der Waals surface area contributed by atoms with Crippen LogP contribution in [0.3, 0.4) is 0 Å². The van der Waals surface area contributed by atoms with Crippen LogP contribution in [0.4, 0.5) is 5.69 Å². The Labute approximate surface area is 174 Å². The highest BCUT2D eigenvalue weighted by Gasteiger charge is 2.21. The van der Waals surface area contributed by atoms with E-state index >= 15 is 0 Å². The highest BCUT2D eigenvalue weighted by Crippen LogP contribution is 2.35. The van der Waals surface area contributed by atoms with Crippen molar-refractivity contribution in [3.63, 3.8) is 0 Å². The normalized spacial score (nSPS) is 9.53. The Morgan fingerprint density at radius 3 is 2.53 bits per heavy atom. The van der Waals surface area contributed by atoms with Gasteiger partial charge in [-0.1, -0.05) is 25.7 Å². The lowest BCUT2D eigenvalue weighted by molar-refractivity contribution is -0.385. The lowest BCUT2D eigenvalue weighted by Gasteiger charge is -2.13. The lowest BCUT2D eigenvalue weighted by atomic mass is 10.1. The largest absolute Gasteiger partial charge is 0.493 e. The summed E-state index contributed by atoms with van der Waals surface area (Å²) >= 11 is 0. The van der Waals surface area contributed by atoms with Gasteiger partial charge in [0.1, 0.15) is 19.8 Å². The van der Waals surface area contributed by atoms with Gasteiger partial charge in [0, 0.05) is 18.8 Å². The Bertz CT molecular complexity index is 990. The van der Waals surface area contributed by atoms with Crippen LogP contribution in [0.1, 0.15) is 25.0 Å². The Morgan fingerprint density at radius 1 is 1.23 bits per heavy atom. The summed E-state index contributed by atoms with van der Waals surface area (Å²) in [7, 11) is 2.95. The van der Waals surface area contributed by atoms with Crippen LogP contribution in [0.15, 0.2) is 23.1 Å². The van der Waals surface area contributed by atoms with Crippen molar-refractivity contribution < 1.29 is 24.2 Å². The zero-order valence-corrected chi connectivity index (χ0v) is 17.6. The summed E-state index contributed by atoms with van der Waals surface area (Å²) < 4.78 is 17.4. The van der Waals surface area contributed by atoms with E-state index in [1.165, 1.54) is 23.8 Å². The van der Waals surface area contributed by atoms with Crippen molar-refractivity contribution >= 4 is 5.69 Å². The fraction of sp³-hybridized carbons (Fsp3) is 0.400. The number of benzene rings is 1. The van der Waals surface area contributed by atoms with Gasteiger partial charge >= 0.3 is 5.69 Å². The number of aliphatic hydroxyl groups excluding tert-OH is 1. The molecule has 1 heterocycles. The number of rotatable bonds is 7. The smallest absolute Gasteiger partial charge is 0.350 e. The summed E-state index contributed by atoms with van der Waals surface area (Å²) in [6, 6.07) is 2.63. The van der Waals surface area contributed by atoms with Gasteiger partial charge in [-0.05, 0) is 13.0 Å². The number of aryl methyl sites for hydroxylation is 2. The summed E-state index contributed by atoms with van der Waals surface area (Å²) in [4.78, 5) is 26.4. The molecule has 1 N–H and O–H groups in total. The number of methoxy groups -OCH3 is 1. The van der Waals surface area contributed by atoms with E-state index in [2.05, 4.69) is 16.8 Å². The summed E-state index contributed by atoms with van der Waals surface area (Å²) in [5.41, 5.74) is 0.0875. The summed E-state index contributed by atoms with van der Waals surface area (Å²) in [5, 5.41) is 20.1. The number of nitro benzene ring substituents is 1. The third-order valence-electron chi connectivity index (χ3n) is 3.65. The number of aromatic nitrogens is 2. The molecular weight excluding hydrogens is 394 g/mol. The second-order valence-electron chi connectivity index (χ2n) is 5.60. The van der Waals surface area contributed by atoms with Gasteiger partial charge in [0.15, 0.2) is 11.5 Å². The van der Waals surface area contributed by atoms with Gasteiger partial charge in [0.05, 0.1) is 23.7 Å². The summed E-state index contributed by atoms with van der Waals surface area (Å²) in [5.74, 6) is 5.44. The minimum Gasteiger partial charge on any atom is -0.493 e. The molecule has 0 saturated carbocycles. The number of nitrogens with zero attached hydrogens (tertiary/aromatic N) is 3. The molecule has 1 aromatic carbocycles. The molecule has 0 aliphatic heterocycles. The SMILES string of the molecule is CC.COc1cc(COc2nc(=O)n(C)cc2C)c([N+](=O)[O-])cc1OCC#CCO. The second-order valence-corrected chi connectivity index (χ2v) is 5.60. The van der Waals surface area contributed by atoms with E-state index in [-0.39, 0.29) is 48.5 Å². The van der Waals surface area contributed by atoms with Crippen molar-refractivity contribution in [1.29, 1.82) is 0 Å². The van der Waals surface area contributed by atoms with E-state index in [1.54, 1.807) is 20.2 Å². The molecule has 2 aromatic rings. The number of hydrogen-bond donors (Lipinski definition) is 1. The minimum atomic E-state index is -0.575. The van der Waals surface area contributed by atoms with Gasteiger partial charge in [-0.2, -0.15) is 4.98 Å². The molecule has 0 bridgehead atoms. The van der Waals surface area contributed by atoms with Crippen molar-refractivity contribution in [3.05, 3.63) is 50.1 Å². The molecule has 2 rings (SSSR count). The molecule has 0 aliphatic carbocycles. The Balaban J connectivity index is 0.00000218. The van der Waals surface area contributed by atoms with Crippen molar-refractivity contribution in [2.75, 3.05) is 20.3 Å². The van der Waals surface area contributed by atoms with Gasteiger partial charge in [-0.25, -0.2) is 4.79 Å². The Morgan fingerprint density at radius 2 is 1.93 bits per heavy atom. The van der Waals surface area contributed by atoms with Crippen LogP contribution < -0.4 is 19.9 Å². The van der Waals surface area contributed by atoms with Crippen LogP contribution in [0, 0.1) is 28.9 Å². The molecule has 0 amide bonds. The first kappa shape index (κ1) is 24.5. The number of aliphatic hydroxyl groups is 1. The third kappa shape index (κ3) is 6.49. The van der Waals surface area contributed by atoms with E-state index in [0.717, 1.165) is 0 Å². The molecule has 0 saturated heterocycles. The average molecular weight is 419 g/mol. The molecule has 10 heteroatoms. The predicted octanol–water partition coefficient (Wildman–Crippen LogP) is 1.99. The number of ether oxygens (including phenoxy) is 3. The van der Waals surface area contributed by atoms with Gasteiger partial charge in [0.2, 0.25) is 5.88 Å². The van der Waals surface area contributed by atoms with E-state index in [4.69, 9.17) is 19.3 Å². The highest BCUT2D eigenvalue weighted by atomic mass is 16.6. The monoisotopic (exact) mass is 419 g/mol. The number of hydrogen-bond acceptors (Lipinski definition) is 8. The highest BCUT2D eigenvalue weighted by molar-refractivity contribution is 5.54.